The second-order valence-corrected chi connectivity index (χ2v) is 13.9. The molecule has 3 fully saturated rings. The molecule has 12 nitrogen and oxygen atoms in total. The van der Waals surface area contributed by atoms with Crippen molar-refractivity contribution in [1.29, 1.82) is 5.26 Å². The molecule has 6 heterocycles. The Morgan fingerprint density at radius 1 is 1.11 bits per heavy atom. The van der Waals surface area contributed by atoms with Crippen LogP contribution in [0.3, 0.4) is 0 Å². The van der Waals surface area contributed by atoms with Crippen LogP contribution in [-0.4, -0.2) is 109 Å². The maximum atomic E-state index is 12.2. The second kappa shape index (κ2) is 11.7. The van der Waals surface area contributed by atoms with Gasteiger partial charge in [-0.05, 0) is 38.3 Å². The van der Waals surface area contributed by atoms with Crippen molar-refractivity contribution in [3.63, 3.8) is 0 Å². The topological polar surface area (TPSA) is 138 Å². The van der Waals surface area contributed by atoms with Gasteiger partial charge in [-0.1, -0.05) is 11.7 Å². The number of nitrogens with two attached hydrogens (primary N) is 1. The Labute approximate surface area is 267 Å². The van der Waals surface area contributed by atoms with Crippen LogP contribution in [0.2, 0.25) is 0 Å². The summed E-state index contributed by atoms with van der Waals surface area (Å²) < 4.78 is 12.7. The Morgan fingerprint density at radius 2 is 1.87 bits per heavy atom. The van der Waals surface area contributed by atoms with Crippen molar-refractivity contribution in [3.8, 4) is 17.6 Å². The lowest BCUT2D eigenvalue weighted by atomic mass is 9.72. The van der Waals surface area contributed by atoms with Gasteiger partial charge in [0.05, 0.1) is 50.4 Å². The van der Waals surface area contributed by atoms with Gasteiger partial charge in [0.15, 0.2) is 0 Å². The van der Waals surface area contributed by atoms with E-state index in [2.05, 4.69) is 40.6 Å². The van der Waals surface area contributed by atoms with Gasteiger partial charge in [0.1, 0.15) is 35.7 Å². The number of hydrogen-bond acceptors (Lipinski definition) is 11. The van der Waals surface area contributed by atoms with Crippen molar-refractivity contribution in [1.82, 2.24) is 20.0 Å². The van der Waals surface area contributed by atoms with Crippen molar-refractivity contribution in [2.75, 3.05) is 94.2 Å². The molecule has 0 bridgehead atoms. The number of nitrogens with zero attached hydrogens (tertiary/aromatic N) is 8. The molecule has 1 atom stereocenters. The monoisotopic (exact) mass is 630 g/mol. The van der Waals surface area contributed by atoms with Crippen LogP contribution in [0.4, 0.5) is 16.5 Å². The van der Waals surface area contributed by atoms with E-state index in [0.717, 1.165) is 98.2 Å². The van der Waals surface area contributed by atoms with Gasteiger partial charge in [0.25, 0.3) is 0 Å². The van der Waals surface area contributed by atoms with Crippen LogP contribution in [0, 0.1) is 11.3 Å². The number of carbonyl (C=O) groups is 1. The van der Waals surface area contributed by atoms with E-state index in [1.807, 2.05) is 11.0 Å². The number of thiophene rings is 1. The number of fused-ring (bicyclic) bond motifs is 1. The van der Waals surface area contributed by atoms with Crippen LogP contribution in [0.25, 0.3) is 11.5 Å². The molecule has 2 N–H and O–H groups in total. The van der Waals surface area contributed by atoms with Crippen LogP contribution in [0.5, 0.6) is 0 Å². The minimum atomic E-state index is -0.602. The molecule has 3 aliphatic heterocycles. The Hall–Kier alpha value is -3.99. The first kappa shape index (κ1) is 29.7. The summed E-state index contributed by atoms with van der Waals surface area (Å²) in [5.41, 5.74) is 8.78. The SMILES string of the molecule is C=CC(=O)N1CCN(c2cc(-c3noc(C4(C)CCCc5sc(N)c(C#N)c54)n3)nc(N3CC[N+]4(CCOCC4)CC3)c2)CC1. The first-order valence-electron chi connectivity index (χ1n) is 15.8. The number of aryl methyl sites for hydroxylation is 1. The number of rotatable bonds is 5. The predicted octanol–water partition coefficient (Wildman–Crippen LogP) is 2.79. The molecular weight excluding hydrogens is 590 g/mol. The number of anilines is 3. The average molecular weight is 631 g/mol. The van der Waals surface area contributed by atoms with E-state index in [9.17, 15) is 10.1 Å². The summed E-state index contributed by atoms with van der Waals surface area (Å²) in [6.45, 7) is 16.1. The molecule has 1 unspecified atom stereocenters. The van der Waals surface area contributed by atoms with Crippen molar-refractivity contribution in [2.45, 2.75) is 31.6 Å². The summed E-state index contributed by atoms with van der Waals surface area (Å²) in [5.74, 6) is 1.77. The summed E-state index contributed by atoms with van der Waals surface area (Å²) in [6, 6.07) is 6.51. The first-order chi connectivity index (χ1) is 21.8. The fourth-order valence-corrected chi connectivity index (χ4v) is 8.62. The quantitative estimate of drug-likeness (QED) is 0.331. The molecule has 3 saturated heterocycles. The van der Waals surface area contributed by atoms with Crippen LogP contribution in [0.15, 0.2) is 29.3 Å². The lowest BCUT2D eigenvalue weighted by Crippen LogP contribution is -2.63. The third kappa shape index (κ3) is 5.34. The third-order valence-electron chi connectivity index (χ3n) is 10.2. The number of quaternary nitrogens is 1. The number of piperazine rings is 2. The van der Waals surface area contributed by atoms with E-state index in [4.69, 9.17) is 25.0 Å². The summed E-state index contributed by atoms with van der Waals surface area (Å²) >= 11 is 1.49. The van der Waals surface area contributed by atoms with Crippen LogP contribution < -0.4 is 15.5 Å². The highest BCUT2D eigenvalue weighted by molar-refractivity contribution is 7.16. The first-order valence-corrected chi connectivity index (χ1v) is 16.7. The fraction of sp³-hybridized carbons (Fsp3) is 0.531. The van der Waals surface area contributed by atoms with Gasteiger partial charge in [0.2, 0.25) is 17.6 Å². The Balaban J connectivity index is 1.21. The van der Waals surface area contributed by atoms with Gasteiger partial charge < -0.3 is 34.2 Å². The molecule has 0 aromatic carbocycles. The number of nitrogen functional groups attached to an aromatic ring is 1. The van der Waals surface area contributed by atoms with Crippen LogP contribution in [0.1, 0.15) is 41.7 Å². The molecule has 4 aliphatic rings. The lowest BCUT2D eigenvalue weighted by molar-refractivity contribution is -0.935. The zero-order valence-corrected chi connectivity index (χ0v) is 26.7. The van der Waals surface area contributed by atoms with Gasteiger partial charge in [-0.2, -0.15) is 10.2 Å². The average Bonchev–Trinajstić information content (AvgIpc) is 3.71. The summed E-state index contributed by atoms with van der Waals surface area (Å²) in [4.78, 5) is 29.9. The summed E-state index contributed by atoms with van der Waals surface area (Å²) in [7, 11) is 0. The molecule has 0 saturated carbocycles. The van der Waals surface area contributed by atoms with E-state index in [0.29, 0.717) is 54.2 Å². The molecule has 3 aromatic heterocycles. The van der Waals surface area contributed by atoms with Crippen molar-refractivity contribution in [3.05, 3.63) is 46.7 Å². The number of ether oxygens (including phenoxy) is 1. The van der Waals surface area contributed by atoms with Crippen molar-refractivity contribution >= 4 is 33.8 Å². The second-order valence-electron chi connectivity index (χ2n) is 12.8. The van der Waals surface area contributed by atoms with Crippen molar-refractivity contribution < 1.29 is 18.5 Å². The molecule has 1 spiro atoms. The largest absolute Gasteiger partial charge is 0.389 e. The number of pyridine rings is 1. The molecule has 1 aliphatic carbocycles. The number of nitriles is 1. The highest BCUT2D eigenvalue weighted by Gasteiger charge is 2.43. The third-order valence-corrected chi connectivity index (χ3v) is 11.3. The van der Waals surface area contributed by atoms with E-state index >= 15 is 0 Å². The number of amides is 1. The van der Waals surface area contributed by atoms with Gasteiger partial charge >= 0.3 is 0 Å². The van der Waals surface area contributed by atoms with E-state index < -0.39 is 5.41 Å². The van der Waals surface area contributed by atoms with Gasteiger partial charge in [0, 0.05) is 48.4 Å². The Morgan fingerprint density at radius 3 is 2.58 bits per heavy atom. The molecule has 45 heavy (non-hydrogen) atoms. The molecule has 236 valence electrons. The van der Waals surface area contributed by atoms with Gasteiger partial charge in [-0.3, -0.25) is 4.79 Å². The van der Waals surface area contributed by atoms with E-state index in [1.165, 1.54) is 17.4 Å². The van der Waals surface area contributed by atoms with Gasteiger partial charge in [-0.15, -0.1) is 11.3 Å². The van der Waals surface area contributed by atoms with Crippen LogP contribution in [-0.2, 0) is 21.4 Å². The smallest absolute Gasteiger partial charge is 0.246 e. The molecule has 13 heteroatoms. The molecule has 3 aromatic rings. The fourth-order valence-electron chi connectivity index (χ4n) is 7.43. The Kier molecular flexibility index (Phi) is 7.75. The van der Waals surface area contributed by atoms with E-state index in [-0.39, 0.29) is 5.91 Å². The maximum absolute atomic E-state index is 12.2. The minimum absolute atomic E-state index is 0.0372. The maximum Gasteiger partial charge on any atom is 0.246 e. The van der Waals surface area contributed by atoms with Crippen LogP contribution >= 0.6 is 11.3 Å². The molecule has 0 radical (unpaired) electrons. The number of aromatic nitrogens is 3. The van der Waals surface area contributed by atoms with Crippen molar-refractivity contribution in [2.24, 2.45) is 0 Å². The number of carbonyl (C=O) groups excluding carboxylic acids is 1. The molecular formula is C32H40N9O3S+. The Bertz CT molecular complexity index is 1640. The standard InChI is InChI=1S/C32H40N9O3S/c1-3-27(42)40-9-7-38(8-10-40)22-19-24(35-26(20-22)39-11-13-41(14-12-39)15-17-43-18-16-41)30-36-31(44-37-30)32(2)6-4-5-25-28(32)23(21-33)29(34)45-25/h3,19-20H,1,4-18,34H2,2H3/q+1. The van der Waals surface area contributed by atoms with E-state index in [1.54, 1.807) is 0 Å². The number of hydrogen-bond donors (Lipinski definition) is 1. The lowest BCUT2D eigenvalue weighted by Gasteiger charge is -2.47. The summed E-state index contributed by atoms with van der Waals surface area (Å²) in [6.07, 6.45) is 4.01. The zero-order chi connectivity index (χ0) is 31.2. The predicted molar refractivity (Wildman–Crippen MR) is 172 cm³/mol. The minimum Gasteiger partial charge on any atom is -0.389 e. The zero-order valence-electron chi connectivity index (χ0n) is 25.8. The highest BCUT2D eigenvalue weighted by Crippen LogP contribution is 2.48. The number of morpholine rings is 1. The normalized spacial score (nSPS) is 23.1. The molecule has 7 rings (SSSR count). The highest BCUT2D eigenvalue weighted by atomic mass is 32.1. The molecule has 1 amide bonds. The van der Waals surface area contributed by atoms with Gasteiger partial charge in [-0.25, -0.2) is 4.98 Å². The summed E-state index contributed by atoms with van der Waals surface area (Å²) in [5, 5.41) is 14.9.